The average Bonchev–Trinajstić information content (AvgIpc) is 2.39. The molecule has 3 nitrogen and oxygen atoms in total. The number of unbranched alkanes of at least 4 members (excludes halogenated alkanes) is 1. The van der Waals surface area contributed by atoms with E-state index in [2.05, 4.69) is 24.3 Å². The zero-order valence-electron chi connectivity index (χ0n) is 11.3. The maximum Gasteiger partial charge on any atom is 0.129 e. The molecule has 4 heteroatoms. The second-order valence-electron chi connectivity index (χ2n) is 4.78. The number of aromatic nitrogens is 1. The fraction of sp³-hybridized carbons (Fsp3) is 0.643. The molecule has 0 aromatic carbocycles. The van der Waals surface area contributed by atoms with Gasteiger partial charge in [0.25, 0.3) is 0 Å². The van der Waals surface area contributed by atoms with Gasteiger partial charge in [0, 0.05) is 12.2 Å². The predicted molar refractivity (Wildman–Crippen MR) is 77.2 cm³/mol. The summed E-state index contributed by atoms with van der Waals surface area (Å²) < 4.78 is 0. The van der Waals surface area contributed by atoms with E-state index in [-0.39, 0.29) is 6.04 Å². The number of hydrogen-bond donors (Lipinski definition) is 2. The van der Waals surface area contributed by atoms with Crippen LogP contribution in [-0.2, 0) is 0 Å². The summed E-state index contributed by atoms with van der Waals surface area (Å²) in [7, 11) is 0. The molecule has 0 aliphatic rings. The van der Waals surface area contributed by atoms with E-state index in [1.54, 1.807) is 6.20 Å². The highest BCUT2D eigenvalue weighted by molar-refractivity contribution is 6.29. The standard InChI is InChI=1S/C14H24ClN3/c1-3-5-6-11(4-2)9-13(18-16)12-7-8-17-14(15)10-12/h7-8,10-11,13,18H,3-6,9,16H2,1-2H3. The Morgan fingerprint density at radius 3 is 2.78 bits per heavy atom. The molecule has 0 bridgehead atoms. The summed E-state index contributed by atoms with van der Waals surface area (Å²) in [6.07, 6.45) is 7.77. The quantitative estimate of drug-likeness (QED) is 0.428. The lowest BCUT2D eigenvalue weighted by Crippen LogP contribution is -2.29. The van der Waals surface area contributed by atoms with E-state index >= 15 is 0 Å². The molecule has 18 heavy (non-hydrogen) atoms. The zero-order valence-corrected chi connectivity index (χ0v) is 12.1. The van der Waals surface area contributed by atoms with E-state index in [9.17, 15) is 0 Å². The summed E-state index contributed by atoms with van der Waals surface area (Å²) in [6, 6.07) is 4.02. The summed E-state index contributed by atoms with van der Waals surface area (Å²) in [5, 5.41) is 0.523. The number of pyridine rings is 1. The zero-order chi connectivity index (χ0) is 13.4. The van der Waals surface area contributed by atoms with Gasteiger partial charge in [-0.1, -0.05) is 51.1 Å². The largest absolute Gasteiger partial charge is 0.271 e. The Morgan fingerprint density at radius 2 is 2.22 bits per heavy atom. The van der Waals surface area contributed by atoms with Gasteiger partial charge in [0.05, 0.1) is 0 Å². The van der Waals surface area contributed by atoms with Crippen molar-refractivity contribution in [2.75, 3.05) is 0 Å². The minimum absolute atomic E-state index is 0.160. The van der Waals surface area contributed by atoms with E-state index in [1.165, 1.54) is 25.7 Å². The highest BCUT2D eigenvalue weighted by Crippen LogP contribution is 2.26. The fourth-order valence-corrected chi connectivity index (χ4v) is 2.43. The van der Waals surface area contributed by atoms with Crippen LogP contribution in [0.4, 0.5) is 0 Å². The van der Waals surface area contributed by atoms with Crippen molar-refractivity contribution in [1.82, 2.24) is 10.4 Å². The molecular weight excluding hydrogens is 246 g/mol. The molecule has 1 aromatic rings. The van der Waals surface area contributed by atoms with E-state index in [1.807, 2.05) is 12.1 Å². The molecule has 0 saturated heterocycles. The second kappa shape index (κ2) is 8.46. The van der Waals surface area contributed by atoms with Gasteiger partial charge in [0.2, 0.25) is 0 Å². The molecule has 1 heterocycles. The number of hydrazine groups is 1. The molecule has 0 fully saturated rings. The van der Waals surface area contributed by atoms with Crippen molar-refractivity contribution >= 4 is 11.6 Å². The second-order valence-corrected chi connectivity index (χ2v) is 5.17. The number of hydrogen-bond acceptors (Lipinski definition) is 3. The topological polar surface area (TPSA) is 50.9 Å². The summed E-state index contributed by atoms with van der Waals surface area (Å²) in [5.74, 6) is 6.38. The monoisotopic (exact) mass is 269 g/mol. The van der Waals surface area contributed by atoms with Crippen LogP contribution in [0.25, 0.3) is 0 Å². The molecule has 2 atom stereocenters. The lowest BCUT2D eigenvalue weighted by molar-refractivity contribution is 0.356. The molecule has 3 N–H and O–H groups in total. The molecule has 0 amide bonds. The van der Waals surface area contributed by atoms with Gasteiger partial charge in [0.15, 0.2) is 0 Å². The Balaban J connectivity index is 2.65. The van der Waals surface area contributed by atoms with Gasteiger partial charge in [-0.05, 0) is 30.0 Å². The van der Waals surface area contributed by atoms with Crippen LogP contribution in [0, 0.1) is 5.92 Å². The van der Waals surface area contributed by atoms with Crippen LogP contribution < -0.4 is 11.3 Å². The molecule has 2 unspecified atom stereocenters. The molecule has 1 rings (SSSR count). The third-order valence-electron chi connectivity index (χ3n) is 3.47. The molecule has 0 saturated carbocycles. The molecule has 102 valence electrons. The normalized spacial score (nSPS) is 14.4. The Morgan fingerprint density at radius 1 is 1.44 bits per heavy atom. The third-order valence-corrected chi connectivity index (χ3v) is 3.67. The van der Waals surface area contributed by atoms with Crippen molar-refractivity contribution in [2.45, 2.75) is 52.0 Å². The van der Waals surface area contributed by atoms with Gasteiger partial charge in [-0.2, -0.15) is 0 Å². The number of nitrogens with zero attached hydrogens (tertiary/aromatic N) is 1. The van der Waals surface area contributed by atoms with Gasteiger partial charge < -0.3 is 0 Å². The predicted octanol–water partition coefficient (Wildman–Crippen LogP) is 3.85. The molecule has 0 radical (unpaired) electrons. The number of rotatable bonds is 8. The molecule has 0 aliphatic carbocycles. The number of nitrogens with one attached hydrogen (secondary N) is 1. The van der Waals surface area contributed by atoms with Crippen molar-refractivity contribution in [1.29, 1.82) is 0 Å². The Labute approximate surface area is 115 Å². The van der Waals surface area contributed by atoms with Crippen molar-refractivity contribution < 1.29 is 0 Å². The summed E-state index contributed by atoms with van der Waals surface area (Å²) in [5.41, 5.74) is 4.02. The molecular formula is C14H24ClN3. The Hall–Kier alpha value is -0.640. The maximum absolute atomic E-state index is 5.92. The average molecular weight is 270 g/mol. The van der Waals surface area contributed by atoms with Crippen LogP contribution in [0.3, 0.4) is 0 Å². The fourth-order valence-electron chi connectivity index (χ4n) is 2.25. The molecule has 0 spiro atoms. The van der Waals surface area contributed by atoms with E-state index in [0.29, 0.717) is 11.1 Å². The Kier molecular flexibility index (Phi) is 7.25. The minimum Gasteiger partial charge on any atom is -0.271 e. The van der Waals surface area contributed by atoms with Crippen LogP contribution in [0.5, 0.6) is 0 Å². The Bertz CT molecular complexity index is 344. The minimum atomic E-state index is 0.160. The van der Waals surface area contributed by atoms with Gasteiger partial charge in [-0.15, -0.1) is 0 Å². The first-order valence-electron chi connectivity index (χ1n) is 6.78. The highest BCUT2D eigenvalue weighted by atomic mass is 35.5. The SMILES string of the molecule is CCCCC(CC)CC(NN)c1ccnc(Cl)c1. The van der Waals surface area contributed by atoms with E-state index < -0.39 is 0 Å². The van der Waals surface area contributed by atoms with Gasteiger partial charge in [-0.3, -0.25) is 11.3 Å². The van der Waals surface area contributed by atoms with Crippen LogP contribution in [0.15, 0.2) is 18.3 Å². The first-order chi connectivity index (χ1) is 8.71. The first-order valence-corrected chi connectivity index (χ1v) is 7.16. The summed E-state index contributed by atoms with van der Waals surface area (Å²) >= 11 is 5.92. The first kappa shape index (κ1) is 15.4. The van der Waals surface area contributed by atoms with Crippen molar-refractivity contribution in [2.24, 2.45) is 11.8 Å². The van der Waals surface area contributed by atoms with Gasteiger partial charge in [-0.25, -0.2) is 4.98 Å². The van der Waals surface area contributed by atoms with E-state index in [0.717, 1.165) is 12.0 Å². The van der Waals surface area contributed by atoms with Crippen molar-refractivity contribution in [3.05, 3.63) is 29.0 Å². The third kappa shape index (κ3) is 4.92. The molecule has 1 aromatic heterocycles. The van der Waals surface area contributed by atoms with Crippen molar-refractivity contribution in [3.63, 3.8) is 0 Å². The lowest BCUT2D eigenvalue weighted by Gasteiger charge is -2.22. The van der Waals surface area contributed by atoms with E-state index in [4.69, 9.17) is 17.4 Å². The number of nitrogens with two attached hydrogens (primary N) is 1. The van der Waals surface area contributed by atoms with Crippen LogP contribution in [0.1, 0.15) is 57.6 Å². The smallest absolute Gasteiger partial charge is 0.129 e. The molecule has 0 aliphatic heterocycles. The maximum atomic E-state index is 5.92. The van der Waals surface area contributed by atoms with Crippen LogP contribution in [0.2, 0.25) is 5.15 Å². The summed E-state index contributed by atoms with van der Waals surface area (Å²) in [6.45, 7) is 4.47. The number of halogens is 1. The van der Waals surface area contributed by atoms with Crippen LogP contribution in [-0.4, -0.2) is 4.98 Å². The van der Waals surface area contributed by atoms with Gasteiger partial charge in [0.1, 0.15) is 5.15 Å². The lowest BCUT2D eigenvalue weighted by atomic mass is 9.90. The highest BCUT2D eigenvalue weighted by Gasteiger charge is 2.16. The van der Waals surface area contributed by atoms with Crippen LogP contribution >= 0.6 is 11.6 Å². The van der Waals surface area contributed by atoms with Gasteiger partial charge >= 0.3 is 0 Å². The summed E-state index contributed by atoms with van der Waals surface area (Å²) in [4.78, 5) is 4.00. The van der Waals surface area contributed by atoms with Crippen molar-refractivity contribution in [3.8, 4) is 0 Å².